The summed E-state index contributed by atoms with van der Waals surface area (Å²) in [4.78, 5) is 0. The summed E-state index contributed by atoms with van der Waals surface area (Å²) in [5, 5.41) is 10.8. The third-order valence-electron chi connectivity index (χ3n) is 0.418. The Balaban J connectivity index is 0. The van der Waals surface area contributed by atoms with Crippen LogP contribution in [0.15, 0.2) is 0 Å². The molecule has 0 radical (unpaired) electrons. The Morgan fingerprint density at radius 2 is 1.75 bits per heavy atom. The second-order valence-corrected chi connectivity index (χ2v) is 1.17. The van der Waals surface area contributed by atoms with E-state index in [0.29, 0.717) is 0 Å². The molecule has 0 aliphatic carbocycles. The number of rotatable bonds is 1. The molecule has 0 saturated heterocycles. The molecule has 5 heteroatoms. The first-order valence-corrected chi connectivity index (χ1v) is 2.62. The van der Waals surface area contributed by atoms with Crippen LogP contribution in [0.4, 0.5) is 0 Å². The average Bonchev–Trinajstić information content (AvgIpc) is 1.69. The van der Waals surface area contributed by atoms with Crippen molar-refractivity contribution in [3.63, 3.8) is 0 Å². The van der Waals surface area contributed by atoms with Gasteiger partial charge < -0.3 is 5.11 Å². The predicted octanol–water partition coefficient (Wildman–Crippen LogP) is -1.13. The highest BCUT2D eigenvalue weighted by Crippen LogP contribution is 1.59. The lowest BCUT2D eigenvalue weighted by Crippen LogP contribution is -2.19. The number of aliphatic hydroxyl groups excluding tert-OH is 1. The van der Waals surface area contributed by atoms with E-state index in [1.807, 2.05) is 0 Å². The Morgan fingerprint density at radius 3 is 1.75 bits per heavy atom. The summed E-state index contributed by atoms with van der Waals surface area (Å²) in [7, 11) is 1.70. The molecule has 0 aromatic carbocycles. The fourth-order valence-electron chi connectivity index (χ4n) is 0. The highest BCUT2D eigenvalue weighted by atomic mass is 32.1. The van der Waals surface area contributed by atoms with Gasteiger partial charge in [0.1, 0.15) is 6.23 Å². The third-order valence-corrected chi connectivity index (χ3v) is 0.418. The SMILES string of the molecule is CNC(C)O.O=S=O. The molecule has 50 valence electrons. The molecule has 0 aliphatic rings. The van der Waals surface area contributed by atoms with Gasteiger partial charge in [-0.1, -0.05) is 0 Å². The van der Waals surface area contributed by atoms with Crippen LogP contribution in [0.2, 0.25) is 0 Å². The van der Waals surface area contributed by atoms with Crippen LogP contribution >= 0.6 is 0 Å². The number of aliphatic hydroxyl groups is 1. The molecular formula is C3H9NO3S. The minimum Gasteiger partial charge on any atom is -0.379 e. The predicted molar refractivity (Wildman–Crippen MR) is 29.7 cm³/mol. The third kappa shape index (κ3) is 42.6. The molecular weight excluding hydrogens is 130 g/mol. The lowest BCUT2D eigenvalue weighted by molar-refractivity contribution is 0.167. The average molecular weight is 139 g/mol. The Labute approximate surface area is 51.5 Å². The van der Waals surface area contributed by atoms with Crippen molar-refractivity contribution in [2.45, 2.75) is 13.2 Å². The normalized spacial score (nSPS) is 10.9. The lowest BCUT2D eigenvalue weighted by Gasteiger charge is -1.94. The van der Waals surface area contributed by atoms with Gasteiger partial charge in [0.2, 0.25) is 0 Å². The zero-order valence-electron chi connectivity index (χ0n) is 4.75. The molecule has 0 aromatic heterocycles. The Kier molecular flexibility index (Phi) is 13.2. The van der Waals surface area contributed by atoms with Gasteiger partial charge in [-0.05, 0) is 14.0 Å². The van der Waals surface area contributed by atoms with Gasteiger partial charge in [-0.2, -0.15) is 8.42 Å². The summed E-state index contributed by atoms with van der Waals surface area (Å²) in [5.41, 5.74) is 0. The second-order valence-electron chi connectivity index (χ2n) is 1.03. The van der Waals surface area contributed by atoms with Gasteiger partial charge >= 0.3 is 11.6 Å². The summed E-state index contributed by atoms with van der Waals surface area (Å²) < 4.78 is 16.6. The fourth-order valence-corrected chi connectivity index (χ4v) is 0. The molecule has 4 nitrogen and oxygen atoms in total. The monoisotopic (exact) mass is 139 g/mol. The molecule has 0 rings (SSSR count). The van der Waals surface area contributed by atoms with Crippen molar-refractivity contribution in [3.05, 3.63) is 0 Å². The van der Waals surface area contributed by atoms with E-state index in [-0.39, 0.29) is 6.23 Å². The molecule has 0 aliphatic heterocycles. The summed E-state index contributed by atoms with van der Waals surface area (Å²) in [6.07, 6.45) is -0.366. The molecule has 0 amide bonds. The lowest BCUT2D eigenvalue weighted by atomic mass is 10.7. The Bertz CT molecular complexity index is 68.9. The van der Waals surface area contributed by atoms with Crippen LogP contribution in [0.5, 0.6) is 0 Å². The molecule has 0 saturated carbocycles. The van der Waals surface area contributed by atoms with E-state index in [4.69, 9.17) is 13.5 Å². The maximum atomic E-state index is 8.29. The Hall–Kier alpha value is -0.260. The molecule has 0 bridgehead atoms. The zero-order valence-corrected chi connectivity index (χ0v) is 5.57. The molecule has 0 heterocycles. The minimum absolute atomic E-state index is 0.366. The van der Waals surface area contributed by atoms with Gasteiger partial charge in [0.15, 0.2) is 0 Å². The van der Waals surface area contributed by atoms with Gasteiger partial charge in [-0.3, -0.25) is 5.32 Å². The summed E-state index contributed by atoms with van der Waals surface area (Å²) >= 11 is -0.750. The molecule has 1 atom stereocenters. The maximum Gasteiger partial charge on any atom is 0.335 e. The van der Waals surface area contributed by atoms with E-state index in [1.54, 1.807) is 14.0 Å². The van der Waals surface area contributed by atoms with E-state index < -0.39 is 11.6 Å². The van der Waals surface area contributed by atoms with Crippen molar-refractivity contribution in [2.24, 2.45) is 0 Å². The molecule has 0 spiro atoms. The number of nitrogens with one attached hydrogen (secondary N) is 1. The van der Waals surface area contributed by atoms with Crippen LogP contribution in [0.1, 0.15) is 6.92 Å². The Morgan fingerprint density at radius 1 is 1.62 bits per heavy atom. The van der Waals surface area contributed by atoms with E-state index >= 15 is 0 Å². The standard InChI is InChI=1S/C3H9NO.O2S/c1-3(5)4-2;1-3-2/h3-5H,1-2H3;. The van der Waals surface area contributed by atoms with Crippen LogP contribution in [0, 0.1) is 0 Å². The first kappa shape index (κ1) is 10.7. The van der Waals surface area contributed by atoms with E-state index in [2.05, 4.69) is 5.32 Å². The fraction of sp³-hybridized carbons (Fsp3) is 1.00. The number of hydrogen-bond donors (Lipinski definition) is 2. The van der Waals surface area contributed by atoms with Crippen molar-refractivity contribution in [2.75, 3.05) is 7.05 Å². The van der Waals surface area contributed by atoms with E-state index in [1.165, 1.54) is 0 Å². The smallest absolute Gasteiger partial charge is 0.335 e. The summed E-state index contributed by atoms with van der Waals surface area (Å²) in [6.45, 7) is 1.67. The quantitative estimate of drug-likeness (QED) is 0.451. The van der Waals surface area contributed by atoms with Crippen LogP contribution in [0.3, 0.4) is 0 Å². The molecule has 0 aromatic rings. The van der Waals surface area contributed by atoms with Gasteiger partial charge in [0.05, 0.1) is 0 Å². The highest BCUT2D eigenvalue weighted by Gasteiger charge is 1.78. The molecule has 0 fully saturated rings. The van der Waals surface area contributed by atoms with Crippen LogP contribution in [0.25, 0.3) is 0 Å². The zero-order chi connectivity index (χ0) is 6.99. The van der Waals surface area contributed by atoms with Crippen molar-refractivity contribution in [1.82, 2.24) is 5.32 Å². The van der Waals surface area contributed by atoms with E-state index in [0.717, 1.165) is 0 Å². The maximum absolute atomic E-state index is 8.29. The second kappa shape index (κ2) is 9.88. The first-order valence-electron chi connectivity index (χ1n) is 1.96. The summed E-state index contributed by atoms with van der Waals surface area (Å²) in [5.74, 6) is 0. The summed E-state index contributed by atoms with van der Waals surface area (Å²) in [6, 6.07) is 0. The van der Waals surface area contributed by atoms with E-state index in [9.17, 15) is 0 Å². The van der Waals surface area contributed by atoms with Crippen molar-refractivity contribution in [1.29, 1.82) is 0 Å². The van der Waals surface area contributed by atoms with Crippen LogP contribution < -0.4 is 5.32 Å². The van der Waals surface area contributed by atoms with Gasteiger partial charge in [-0.15, -0.1) is 0 Å². The van der Waals surface area contributed by atoms with Crippen molar-refractivity contribution >= 4 is 11.6 Å². The van der Waals surface area contributed by atoms with Gasteiger partial charge in [0.25, 0.3) is 0 Å². The van der Waals surface area contributed by atoms with Crippen LogP contribution in [-0.4, -0.2) is 26.8 Å². The van der Waals surface area contributed by atoms with Crippen molar-refractivity contribution in [3.8, 4) is 0 Å². The highest BCUT2D eigenvalue weighted by molar-refractivity contribution is 7.51. The number of hydrogen-bond acceptors (Lipinski definition) is 4. The molecule has 8 heavy (non-hydrogen) atoms. The first-order chi connectivity index (χ1) is 3.68. The topological polar surface area (TPSA) is 66.4 Å². The van der Waals surface area contributed by atoms with Crippen molar-refractivity contribution < 1.29 is 13.5 Å². The van der Waals surface area contributed by atoms with Gasteiger partial charge in [0, 0.05) is 0 Å². The molecule has 2 N–H and O–H groups in total. The molecule has 1 unspecified atom stereocenters. The largest absolute Gasteiger partial charge is 0.379 e. The van der Waals surface area contributed by atoms with Gasteiger partial charge in [-0.25, -0.2) is 0 Å². The minimum atomic E-state index is -0.750. The van der Waals surface area contributed by atoms with Crippen LogP contribution in [-0.2, 0) is 11.6 Å².